The second kappa shape index (κ2) is 5.55. The van der Waals surface area contributed by atoms with Crippen LogP contribution in [-0.2, 0) is 0 Å². The van der Waals surface area contributed by atoms with Crippen LogP contribution < -0.4 is 10.5 Å². The van der Waals surface area contributed by atoms with Crippen molar-refractivity contribution >= 4 is 11.6 Å². The maximum Gasteiger partial charge on any atom is 0.146 e. The van der Waals surface area contributed by atoms with Gasteiger partial charge in [0.25, 0.3) is 0 Å². The maximum atomic E-state index is 13.0. The Balaban J connectivity index is 2.28. The molecule has 0 amide bonds. The van der Waals surface area contributed by atoms with Crippen LogP contribution in [0.2, 0.25) is 5.02 Å². The minimum absolute atomic E-state index is 0.0490. The van der Waals surface area contributed by atoms with Crippen molar-refractivity contribution in [3.05, 3.63) is 58.6 Å². The smallest absolute Gasteiger partial charge is 0.146 e. The molecule has 0 aromatic heterocycles. The molecule has 2 N–H and O–H groups in total. The summed E-state index contributed by atoms with van der Waals surface area (Å²) in [6.45, 7) is 1.83. The van der Waals surface area contributed by atoms with E-state index in [0.29, 0.717) is 10.8 Å². The van der Waals surface area contributed by atoms with E-state index in [9.17, 15) is 8.78 Å². The number of rotatable bonds is 3. The van der Waals surface area contributed by atoms with Crippen LogP contribution in [-0.4, -0.2) is 0 Å². The zero-order valence-corrected chi connectivity index (χ0v) is 10.9. The maximum absolute atomic E-state index is 13.0. The molecule has 0 saturated carbocycles. The van der Waals surface area contributed by atoms with Crippen LogP contribution in [0.15, 0.2) is 36.4 Å². The second-order valence-corrected chi connectivity index (χ2v) is 4.59. The van der Waals surface area contributed by atoms with Crippen molar-refractivity contribution in [2.45, 2.75) is 13.0 Å². The number of nitrogens with two attached hydrogens (primary N) is 1. The molecule has 100 valence electrons. The fourth-order valence-corrected chi connectivity index (χ4v) is 1.83. The van der Waals surface area contributed by atoms with Crippen molar-refractivity contribution in [2.24, 2.45) is 5.73 Å². The van der Waals surface area contributed by atoms with E-state index in [0.717, 1.165) is 23.8 Å². The number of halogens is 3. The summed E-state index contributed by atoms with van der Waals surface area (Å²) in [6.07, 6.45) is 0. The fourth-order valence-electron chi connectivity index (χ4n) is 1.60. The van der Waals surface area contributed by atoms with Crippen molar-refractivity contribution in [1.29, 1.82) is 0 Å². The topological polar surface area (TPSA) is 35.2 Å². The Labute approximate surface area is 114 Å². The lowest BCUT2D eigenvalue weighted by atomic mass is 10.1. The van der Waals surface area contributed by atoms with Crippen molar-refractivity contribution in [3.8, 4) is 11.5 Å². The summed E-state index contributed by atoms with van der Waals surface area (Å²) in [5.41, 5.74) is 6.58. The fraction of sp³-hybridized carbons (Fsp3) is 0.143. The molecule has 2 nitrogen and oxygen atoms in total. The Bertz CT molecular complexity index is 582. The van der Waals surface area contributed by atoms with E-state index in [1.807, 2.05) is 6.92 Å². The van der Waals surface area contributed by atoms with Gasteiger partial charge < -0.3 is 10.5 Å². The van der Waals surface area contributed by atoms with Gasteiger partial charge in [0.05, 0.1) is 5.02 Å². The molecule has 0 spiro atoms. The van der Waals surface area contributed by atoms with Crippen molar-refractivity contribution in [1.82, 2.24) is 0 Å². The molecule has 0 bridgehead atoms. The third-order valence-electron chi connectivity index (χ3n) is 2.55. The average Bonchev–Trinajstić information content (AvgIpc) is 2.30. The van der Waals surface area contributed by atoms with Gasteiger partial charge in [0.15, 0.2) is 0 Å². The SMILES string of the molecule is C[C@H](N)c1ccc(Oc2cc(F)cc(F)c2)c(Cl)c1. The zero-order chi connectivity index (χ0) is 14.0. The predicted molar refractivity (Wildman–Crippen MR) is 70.5 cm³/mol. The van der Waals surface area contributed by atoms with Gasteiger partial charge >= 0.3 is 0 Å². The summed E-state index contributed by atoms with van der Waals surface area (Å²) in [5.74, 6) is -1.05. The highest BCUT2D eigenvalue weighted by Gasteiger charge is 2.08. The Morgan fingerprint density at radius 1 is 1.11 bits per heavy atom. The molecule has 0 heterocycles. The van der Waals surface area contributed by atoms with Gasteiger partial charge in [0.2, 0.25) is 0 Å². The van der Waals surface area contributed by atoms with Crippen LogP contribution in [0.3, 0.4) is 0 Å². The monoisotopic (exact) mass is 283 g/mol. The Morgan fingerprint density at radius 2 is 1.74 bits per heavy atom. The van der Waals surface area contributed by atoms with Crippen LogP contribution in [0.1, 0.15) is 18.5 Å². The number of hydrogen-bond acceptors (Lipinski definition) is 2. The molecule has 0 aliphatic rings. The molecule has 2 aromatic rings. The first-order valence-electron chi connectivity index (χ1n) is 5.64. The second-order valence-electron chi connectivity index (χ2n) is 4.19. The Kier molecular flexibility index (Phi) is 4.02. The minimum Gasteiger partial charge on any atom is -0.456 e. The summed E-state index contributed by atoms with van der Waals surface area (Å²) < 4.78 is 31.4. The largest absolute Gasteiger partial charge is 0.456 e. The predicted octanol–water partition coefficient (Wildman–Crippen LogP) is 4.43. The van der Waals surface area contributed by atoms with Crippen molar-refractivity contribution in [2.75, 3.05) is 0 Å². The molecule has 0 aliphatic carbocycles. The Hall–Kier alpha value is -1.65. The van der Waals surface area contributed by atoms with Crippen molar-refractivity contribution in [3.63, 3.8) is 0 Å². The molecular formula is C14H12ClF2NO. The molecule has 0 aliphatic heterocycles. The zero-order valence-electron chi connectivity index (χ0n) is 10.2. The lowest BCUT2D eigenvalue weighted by Gasteiger charge is -2.11. The first-order valence-corrected chi connectivity index (χ1v) is 6.02. The van der Waals surface area contributed by atoms with Gasteiger partial charge in [0, 0.05) is 24.2 Å². The van der Waals surface area contributed by atoms with E-state index in [4.69, 9.17) is 22.1 Å². The molecule has 0 saturated heterocycles. The van der Waals surface area contributed by atoms with E-state index in [1.54, 1.807) is 18.2 Å². The van der Waals surface area contributed by atoms with E-state index in [-0.39, 0.29) is 11.8 Å². The van der Waals surface area contributed by atoms with Gasteiger partial charge in [0.1, 0.15) is 23.1 Å². The van der Waals surface area contributed by atoms with Crippen LogP contribution in [0, 0.1) is 11.6 Å². The van der Waals surface area contributed by atoms with Crippen LogP contribution >= 0.6 is 11.6 Å². The quantitative estimate of drug-likeness (QED) is 0.904. The first-order chi connectivity index (χ1) is 8.95. The molecule has 2 aromatic carbocycles. The summed E-state index contributed by atoms with van der Waals surface area (Å²) in [7, 11) is 0. The molecule has 2 rings (SSSR count). The molecular weight excluding hydrogens is 272 g/mol. The molecule has 5 heteroatoms. The highest BCUT2D eigenvalue weighted by molar-refractivity contribution is 6.32. The third kappa shape index (κ3) is 3.43. The lowest BCUT2D eigenvalue weighted by Crippen LogP contribution is -2.04. The molecule has 0 radical (unpaired) electrons. The summed E-state index contributed by atoms with van der Waals surface area (Å²) >= 11 is 6.03. The van der Waals surface area contributed by atoms with Crippen LogP contribution in [0.4, 0.5) is 8.78 Å². The highest BCUT2D eigenvalue weighted by Crippen LogP contribution is 2.31. The van der Waals surface area contributed by atoms with E-state index in [2.05, 4.69) is 0 Å². The molecule has 19 heavy (non-hydrogen) atoms. The van der Waals surface area contributed by atoms with Gasteiger partial charge in [-0.2, -0.15) is 0 Å². The average molecular weight is 284 g/mol. The van der Waals surface area contributed by atoms with Gasteiger partial charge in [-0.1, -0.05) is 17.7 Å². The van der Waals surface area contributed by atoms with E-state index >= 15 is 0 Å². The third-order valence-corrected chi connectivity index (χ3v) is 2.84. The summed E-state index contributed by atoms with van der Waals surface area (Å²) in [6, 6.07) is 7.81. The summed E-state index contributed by atoms with van der Waals surface area (Å²) in [5, 5.41) is 0.333. The molecule has 1 atom stereocenters. The van der Waals surface area contributed by atoms with Gasteiger partial charge in [-0.25, -0.2) is 8.78 Å². The van der Waals surface area contributed by atoms with E-state index in [1.165, 1.54) is 0 Å². The first kappa shape index (κ1) is 13.8. The molecule has 0 fully saturated rings. The lowest BCUT2D eigenvalue weighted by molar-refractivity contribution is 0.468. The Morgan fingerprint density at radius 3 is 2.26 bits per heavy atom. The minimum atomic E-state index is -0.710. The van der Waals surface area contributed by atoms with E-state index < -0.39 is 11.6 Å². The highest BCUT2D eigenvalue weighted by atomic mass is 35.5. The standard InChI is InChI=1S/C14H12ClF2NO/c1-8(18)9-2-3-14(13(15)4-9)19-12-6-10(16)5-11(17)7-12/h2-8H,18H2,1H3/t8-/m0/s1. The number of ether oxygens (including phenoxy) is 1. The van der Waals surface area contributed by atoms with Crippen LogP contribution in [0.5, 0.6) is 11.5 Å². The van der Waals surface area contributed by atoms with Crippen LogP contribution in [0.25, 0.3) is 0 Å². The summed E-state index contributed by atoms with van der Waals surface area (Å²) in [4.78, 5) is 0. The molecule has 0 unspecified atom stereocenters. The number of benzene rings is 2. The van der Waals surface area contributed by atoms with Gasteiger partial charge in [-0.05, 0) is 24.6 Å². The number of hydrogen-bond donors (Lipinski definition) is 1. The normalized spacial score (nSPS) is 12.3. The van der Waals surface area contributed by atoms with Gasteiger partial charge in [-0.3, -0.25) is 0 Å². The van der Waals surface area contributed by atoms with Gasteiger partial charge in [-0.15, -0.1) is 0 Å². The van der Waals surface area contributed by atoms with Crippen molar-refractivity contribution < 1.29 is 13.5 Å².